The van der Waals surface area contributed by atoms with E-state index in [4.69, 9.17) is 74.8 Å². The van der Waals surface area contributed by atoms with E-state index in [0.29, 0.717) is 126 Å². The maximum Gasteiger partial charge on any atom is 0.164 e. The van der Waals surface area contributed by atoms with Crippen LogP contribution >= 0.6 is 0 Å². The molecule has 0 bridgehead atoms. The molecular weight excluding hydrogens is 1620 g/mol. The standard InChI is InChI=1S/C113H67N19/c114-68-85-48-28-29-49-87(85)88-63-80(51-57-94(88)132-97-60-54-83(111-125-103(74-38-18-5-19-39-74)118-104(126-111)75-40-20-6-21-41-75)66-91(97)92-67-84(55-61-98(92)132)112-127-105(76-42-22-7-23-43-76)119-106(128-112)77-44-24-8-25-45-77)113-129-107(78-46-26-9-27-47-78)120-108(130-113)79-50-56-93(86(62-79)69-115)131-95-58-52-81(109-121-99(70-30-10-1-11-31-70)116-100(122-109)71-32-12-2-13-33-71)64-89(95)90-65-82(53-59-96(90)131)110-123-101(72-34-14-3-15-35-72)117-102(124-110)73-36-16-4-17-37-73/h1-67H. The molecule has 0 fully saturated rings. The van der Waals surface area contributed by atoms with Crippen LogP contribution in [0, 0.1) is 22.7 Å². The van der Waals surface area contributed by atoms with Crippen molar-refractivity contribution in [2.45, 2.75) is 0 Å². The van der Waals surface area contributed by atoms with E-state index in [1.807, 2.05) is 334 Å². The van der Waals surface area contributed by atoms with Crippen LogP contribution in [0.1, 0.15) is 11.1 Å². The Kier molecular flexibility index (Phi) is 19.8. The van der Waals surface area contributed by atoms with Crippen molar-refractivity contribution >= 4 is 43.6 Å². The van der Waals surface area contributed by atoms with Gasteiger partial charge < -0.3 is 9.13 Å². The summed E-state index contributed by atoms with van der Waals surface area (Å²) >= 11 is 0. The average molecular weight is 1690 g/mol. The molecule has 0 unspecified atom stereocenters. The summed E-state index contributed by atoms with van der Waals surface area (Å²) in [4.78, 5) is 77.9. The molecule has 132 heavy (non-hydrogen) atoms. The van der Waals surface area contributed by atoms with Crippen LogP contribution in [-0.2, 0) is 0 Å². The van der Waals surface area contributed by atoms with E-state index >= 15 is 0 Å². The summed E-state index contributed by atoms with van der Waals surface area (Å²) < 4.78 is 4.37. The topological polar surface area (TPSA) is 251 Å². The first-order valence-corrected chi connectivity index (χ1v) is 42.9. The Bertz CT molecular complexity index is 7910. The Labute approximate surface area is 756 Å². The van der Waals surface area contributed by atoms with Crippen molar-refractivity contribution in [2.24, 2.45) is 0 Å². The van der Waals surface area contributed by atoms with E-state index in [0.717, 1.165) is 122 Å². The smallest absolute Gasteiger partial charge is 0.164 e. The first-order chi connectivity index (χ1) is 65.3. The largest absolute Gasteiger partial charge is 0.309 e. The van der Waals surface area contributed by atoms with Gasteiger partial charge in [-0.15, -0.1) is 0 Å². The molecule has 23 aromatic rings. The molecule has 0 aliphatic heterocycles. The van der Waals surface area contributed by atoms with Crippen LogP contribution in [0.3, 0.4) is 0 Å². The van der Waals surface area contributed by atoms with E-state index in [1.165, 1.54) is 0 Å². The third kappa shape index (κ3) is 14.8. The molecule has 0 aliphatic rings. The summed E-state index contributed by atoms with van der Waals surface area (Å²) in [7, 11) is 0. The highest BCUT2D eigenvalue weighted by Gasteiger charge is 2.27. The van der Waals surface area contributed by atoms with Crippen molar-refractivity contribution < 1.29 is 0 Å². The molecule has 0 atom stereocenters. The highest BCUT2D eigenvalue weighted by Crippen LogP contribution is 2.45. The number of benzene rings is 16. The van der Waals surface area contributed by atoms with Gasteiger partial charge in [0, 0.05) is 116 Å². The summed E-state index contributed by atoms with van der Waals surface area (Å²) in [5, 5.41) is 26.5. The third-order valence-electron chi connectivity index (χ3n) is 23.5. The molecular formula is C113H67N19. The van der Waals surface area contributed by atoms with Crippen molar-refractivity contribution in [1.29, 1.82) is 10.5 Å². The summed E-state index contributed by atoms with van der Waals surface area (Å²) in [6.45, 7) is 0. The maximum absolute atomic E-state index is 11.8. The molecule has 0 spiro atoms. The predicted molar refractivity (Wildman–Crippen MR) is 518 cm³/mol. The second-order valence-corrected chi connectivity index (χ2v) is 31.7. The Morgan fingerprint density at radius 1 is 0.152 bits per heavy atom. The molecule has 23 rings (SSSR count). The lowest BCUT2D eigenvalue weighted by Crippen LogP contribution is -2.03. The monoisotopic (exact) mass is 1690 g/mol. The molecule has 7 aromatic heterocycles. The van der Waals surface area contributed by atoms with Crippen LogP contribution in [0.5, 0.6) is 0 Å². The molecule has 0 radical (unpaired) electrons. The fraction of sp³-hybridized carbons (Fsp3) is 0. The SMILES string of the molecule is N#Cc1ccccc1-c1cc(-c2nc(-c3ccccc3)nc(-c3ccc(-n4c5ccc(-c6nc(-c7ccccc7)nc(-c7ccccc7)n6)cc5c5cc(-c6nc(-c7ccccc7)nc(-c7ccccc7)n6)ccc54)c(C#N)c3)n2)ccc1-n1c2ccc(-c3nc(-c4ccccc4)nc(-c4ccccc4)n3)cc2c2cc(-c3nc(-c4ccccc4)nc(-c4ccccc4)n3)ccc21. The number of fused-ring (bicyclic) bond motifs is 6. The van der Waals surface area contributed by atoms with Crippen molar-refractivity contribution in [3.63, 3.8) is 0 Å². The fourth-order valence-corrected chi connectivity index (χ4v) is 17.1. The van der Waals surface area contributed by atoms with Gasteiger partial charge in [-0.25, -0.2) is 74.8 Å². The van der Waals surface area contributed by atoms with Crippen molar-refractivity contribution in [1.82, 2.24) is 83.9 Å². The molecule has 614 valence electrons. The van der Waals surface area contributed by atoms with Gasteiger partial charge in [0.05, 0.1) is 50.6 Å². The second kappa shape index (κ2) is 33.6. The summed E-state index contributed by atoms with van der Waals surface area (Å²) in [5.74, 6) is 7.18. The Morgan fingerprint density at radius 3 is 0.583 bits per heavy atom. The highest BCUT2D eigenvalue weighted by molar-refractivity contribution is 6.13. The first kappa shape index (κ1) is 77.9. The minimum Gasteiger partial charge on any atom is -0.309 e. The number of rotatable bonds is 18. The van der Waals surface area contributed by atoms with Crippen LogP contribution in [0.4, 0.5) is 0 Å². The van der Waals surface area contributed by atoms with Crippen molar-refractivity contribution in [3.05, 3.63) is 418 Å². The van der Waals surface area contributed by atoms with E-state index in [1.54, 1.807) is 0 Å². The van der Waals surface area contributed by atoms with Crippen molar-refractivity contribution in [3.8, 4) is 205 Å². The van der Waals surface area contributed by atoms with Gasteiger partial charge in [0.15, 0.2) is 87.4 Å². The van der Waals surface area contributed by atoms with E-state index in [9.17, 15) is 10.5 Å². The quantitative estimate of drug-likeness (QED) is 0.0774. The zero-order valence-electron chi connectivity index (χ0n) is 70.2. The van der Waals surface area contributed by atoms with E-state index < -0.39 is 0 Å². The average Bonchev–Trinajstić information content (AvgIpc) is 1.57. The normalized spacial score (nSPS) is 11.3. The molecule has 19 heteroatoms. The minimum absolute atomic E-state index is 0.314. The van der Waals surface area contributed by atoms with Gasteiger partial charge in [-0.05, 0) is 115 Å². The predicted octanol–water partition coefficient (Wildman–Crippen LogP) is 25.2. The van der Waals surface area contributed by atoms with Gasteiger partial charge in [-0.2, -0.15) is 10.5 Å². The number of hydrogen-bond donors (Lipinski definition) is 0. The molecule has 0 saturated heterocycles. The minimum atomic E-state index is 0.314. The molecule has 0 saturated carbocycles. The zero-order chi connectivity index (χ0) is 88.0. The van der Waals surface area contributed by atoms with Gasteiger partial charge >= 0.3 is 0 Å². The van der Waals surface area contributed by atoms with Gasteiger partial charge in [-0.3, -0.25) is 0 Å². The summed E-state index contributed by atoms with van der Waals surface area (Å²) in [6.07, 6.45) is 0. The molecule has 0 amide bonds. The zero-order valence-corrected chi connectivity index (χ0v) is 70.2. The Morgan fingerprint density at radius 2 is 0.341 bits per heavy atom. The Balaban J connectivity index is 0.693. The number of hydrogen-bond acceptors (Lipinski definition) is 17. The van der Waals surface area contributed by atoms with Gasteiger partial charge in [-0.1, -0.05) is 291 Å². The highest BCUT2D eigenvalue weighted by atomic mass is 15.1. The molecule has 7 heterocycles. The molecule has 0 N–H and O–H groups in total. The van der Waals surface area contributed by atoms with Gasteiger partial charge in [0.25, 0.3) is 0 Å². The first-order valence-electron chi connectivity index (χ1n) is 42.9. The third-order valence-corrected chi connectivity index (χ3v) is 23.5. The summed E-state index contributed by atoms with van der Waals surface area (Å²) in [5.41, 5.74) is 18.4. The lowest BCUT2D eigenvalue weighted by Gasteiger charge is -2.17. The molecule has 0 aliphatic carbocycles. The number of aromatic nitrogens is 17. The van der Waals surface area contributed by atoms with Gasteiger partial charge in [0.1, 0.15) is 6.07 Å². The fourth-order valence-electron chi connectivity index (χ4n) is 17.1. The van der Waals surface area contributed by atoms with Crippen LogP contribution in [0.25, 0.3) is 237 Å². The van der Waals surface area contributed by atoms with Crippen LogP contribution in [-0.4, -0.2) is 83.9 Å². The van der Waals surface area contributed by atoms with Crippen LogP contribution < -0.4 is 0 Å². The number of nitriles is 2. The van der Waals surface area contributed by atoms with E-state index in [2.05, 4.69) is 94.1 Å². The van der Waals surface area contributed by atoms with E-state index in [-0.39, 0.29) is 0 Å². The molecule has 16 aromatic carbocycles. The number of nitrogens with zero attached hydrogens (tertiary/aromatic N) is 19. The Hall–Kier alpha value is -18.9. The van der Waals surface area contributed by atoms with Gasteiger partial charge in [0.2, 0.25) is 0 Å². The van der Waals surface area contributed by atoms with Crippen molar-refractivity contribution in [2.75, 3.05) is 0 Å². The molecule has 19 nitrogen and oxygen atoms in total. The lowest BCUT2D eigenvalue weighted by atomic mass is 9.96. The maximum atomic E-state index is 11.8. The second-order valence-electron chi connectivity index (χ2n) is 31.7. The summed E-state index contributed by atoms with van der Waals surface area (Å²) in [6, 6.07) is 139. The van der Waals surface area contributed by atoms with Crippen LogP contribution in [0.2, 0.25) is 0 Å². The van der Waals surface area contributed by atoms with Crippen LogP contribution in [0.15, 0.2) is 406 Å². The lowest BCUT2D eigenvalue weighted by molar-refractivity contribution is 1.07.